The van der Waals surface area contributed by atoms with Gasteiger partial charge in [-0.05, 0) is 53.4 Å². The zero-order valence-corrected chi connectivity index (χ0v) is 22.5. The largest absolute Gasteiger partial charge is 0.461 e. The molecule has 1 fully saturated rings. The smallest absolute Gasteiger partial charge is 0.313 e. The predicted octanol–water partition coefficient (Wildman–Crippen LogP) is 7.00. The second kappa shape index (κ2) is 11.7. The molecule has 3 aromatic carbocycles. The summed E-state index contributed by atoms with van der Waals surface area (Å²) < 4.78 is 21.6. The predicted molar refractivity (Wildman–Crippen MR) is 152 cm³/mol. The van der Waals surface area contributed by atoms with E-state index in [1.165, 1.54) is 12.1 Å². The number of amides is 1. The first-order chi connectivity index (χ1) is 19.3. The van der Waals surface area contributed by atoms with Crippen LogP contribution in [0.1, 0.15) is 55.1 Å². The molecular weight excluding hydrogens is 507 g/mol. The van der Waals surface area contributed by atoms with Crippen LogP contribution in [0.4, 0.5) is 10.1 Å². The minimum atomic E-state index is -0.543. The maximum Gasteiger partial charge on any atom is 0.313 e. The van der Waals surface area contributed by atoms with E-state index in [0.29, 0.717) is 24.2 Å². The summed E-state index contributed by atoms with van der Waals surface area (Å²) in [5.41, 5.74) is 5.10. The topological polar surface area (TPSA) is 77.4 Å². The lowest BCUT2D eigenvalue weighted by molar-refractivity contribution is -0.158. The Kier molecular flexibility index (Phi) is 7.91. The summed E-state index contributed by atoms with van der Waals surface area (Å²) in [5.74, 6) is -1.32. The first-order valence-corrected chi connectivity index (χ1v) is 13.5. The Labute approximate surface area is 232 Å². The van der Waals surface area contributed by atoms with E-state index >= 15 is 0 Å². The zero-order chi connectivity index (χ0) is 28.2. The molecule has 40 heavy (non-hydrogen) atoms. The van der Waals surface area contributed by atoms with Gasteiger partial charge in [0.1, 0.15) is 24.1 Å². The van der Waals surface area contributed by atoms with Crippen molar-refractivity contribution in [3.05, 3.63) is 102 Å². The van der Waals surface area contributed by atoms with E-state index in [2.05, 4.69) is 9.88 Å². The molecule has 1 atom stereocenters. The maximum absolute atomic E-state index is 14.1. The molecule has 0 spiro atoms. The number of para-hydroxylation sites is 1. The number of cyclic esters (lactones) is 1. The highest BCUT2D eigenvalue weighted by atomic mass is 19.1. The summed E-state index contributed by atoms with van der Waals surface area (Å²) in [5, 5.41) is 3.06. The molecule has 204 valence electrons. The highest BCUT2D eigenvalue weighted by Crippen LogP contribution is 2.42. The second-order valence-corrected chi connectivity index (χ2v) is 10.3. The van der Waals surface area contributed by atoms with Crippen molar-refractivity contribution < 1.29 is 23.5 Å². The van der Waals surface area contributed by atoms with Crippen LogP contribution < -0.4 is 5.32 Å². The van der Waals surface area contributed by atoms with Crippen molar-refractivity contribution >= 4 is 23.3 Å². The van der Waals surface area contributed by atoms with Crippen LogP contribution in [0.3, 0.4) is 0 Å². The average Bonchev–Trinajstić information content (AvgIpc) is 3.28. The Balaban J connectivity index is 1.71. The highest BCUT2D eigenvalue weighted by Gasteiger charge is 2.32. The molecule has 6 nitrogen and oxygen atoms in total. The lowest BCUT2D eigenvalue weighted by Gasteiger charge is -2.24. The third kappa shape index (κ3) is 5.73. The number of benzene rings is 3. The molecule has 0 bridgehead atoms. The molecular formula is C33H31FN2O4. The van der Waals surface area contributed by atoms with Gasteiger partial charge < -0.3 is 14.6 Å². The van der Waals surface area contributed by atoms with E-state index in [1.807, 2.05) is 74.5 Å². The lowest BCUT2D eigenvalue weighted by Crippen LogP contribution is -2.30. The van der Waals surface area contributed by atoms with Gasteiger partial charge >= 0.3 is 5.97 Å². The number of nitrogens with one attached hydrogen (secondary N) is 1. The number of anilines is 1. The number of carbonyl (C=O) groups is 3. The standard InChI is InChI=1S/C33H31FN2O4/c1-21(2)31-30(33(39)35-25-11-7-4-8-12-25)29(22-9-5-3-6-10-22)32(23-13-15-24(34)16-14-23)36(31)18-17-27-19-26(37)20-28(38)40-27/h3-16,21,27H,17-20H2,1-2H3,(H,35,39)/t27-/m1/s1. The number of ketones is 1. The number of rotatable bonds is 8. The van der Waals surface area contributed by atoms with Gasteiger partial charge in [-0.25, -0.2) is 4.39 Å². The summed E-state index contributed by atoms with van der Waals surface area (Å²) in [6.07, 6.45) is -0.171. The molecule has 7 heteroatoms. The van der Waals surface area contributed by atoms with E-state index in [0.717, 1.165) is 28.1 Å². The van der Waals surface area contributed by atoms with Gasteiger partial charge in [-0.3, -0.25) is 14.4 Å². The summed E-state index contributed by atoms with van der Waals surface area (Å²) >= 11 is 0. The molecule has 0 aliphatic carbocycles. The van der Waals surface area contributed by atoms with Gasteiger partial charge in [0.15, 0.2) is 0 Å². The van der Waals surface area contributed by atoms with Crippen LogP contribution in [0.15, 0.2) is 84.9 Å². The monoisotopic (exact) mass is 538 g/mol. The molecule has 0 unspecified atom stereocenters. The van der Waals surface area contributed by atoms with E-state index in [1.54, 1.807) is 12.1 Å². The number of halogens is 1. The van der Waals surface area contributed by atoms with Crippen molar-refractivity contribution in [1.82, 2.24) is 4.57 Å². The Morgan fingerprint density at radius 2 is 1.60 bits per heavy atom. The molecule has 1 saturated heterocycles. The molecule has 1 aliphatic heterocycles. The van der Waals surface area contributed by atoms with Crippen LogP contribution >= 0.6 is 0 Å². The molecule has 1 amide bonds. The van der Waals surface area contributed by atoms with Gasteiger partial charge in [0.2, 0.25) is 0 Å². The first-order valence-electron chi connectivity index (χ1n) is 13.5. The fraction of sp³-hybridized carbons (Fsp3) is 0.242. The third-order valence-corrected chi connectivity index (χ3v) is 7.06. The van der Waals surface area contributed by atoms with Crippen molar-refractivity contribution in [2.45, 2.75) is 51.7 Å². The van der Waals surface area contributed by atoms with E-state index in [4.69, 9.17) is 4.74 Å². The Hall–Kier alpha value is -4.52. The quantitative estimate of drug-likeness (QED) is 0.194. The first kappa shape index (κ1) is 27.1. The molecule has 5 rings (SSSR count). The van der Waals surface area contributed by atoms with Crippen molar-refractivity contribution in [3.63, 3.8) is 0 Å². The molecule has 1 aromatic heterocycles. The lowest BCUT2D eigenvalue weighted by atomic mass is 9.94. The summed E-state index contributed by atoms with van der Waals surface area (Å²) in [6, 6.07) is 25.2. The van der Waals surface area contributed by atoms with Gasteiger partial charge in [-0.1, -0.05) is 62.4 Å². The Bertz CT molecular complexity index is 1510. The van der Waals surface area contributed by atoms with Crippen LogP contribution in [0, 0.1) is 5.82 Å². The fourth-order valence-corrected chi connectivity index (χ4v) is 5.40. The Morgan fingerprint density at radius 1 is 0.950 bits per heavy atom. The summed E-state index contributed by atoms with van der Waals surface area (Å²) in [7, 11) is 0. The van der Waals surface area contributed by atoms with Crippen LogP contribution in [0.5, 0.6) is 0 Å². The van der Waals surface area contributed by atoms with Crippen molar-refractivity contribution in [2.24, 2.45) is 0 Å². The molecule has 2 heterocycles. The number of hydrogen-bond acceptors (Lipinski definition) is 4. The molecule has 4 aromatic rings. The number of hydrogen-bond donors (Lipinski definition) is 1. The van der Waals surface area contributed by atoms with E-state index in [9.17, 15) is 18.8 Å². The number of esters is 1. The molecule has 0 saturated carbocycles. The maximum atomic E-state index is 14.1. The van der Waals surface area contributed by atoms with Gasteiger partial charge in [0.05, 0.1) is 11.3 Å². The van der Waals surface area contributed by atoms with Crippen LogP contribution in [0.25, 0.3) is 22.4 Å². The SMILES string of the molecule is CC(C)c1c(C(=O)Nc2ccccc2)c(-c2ccccc2)c(-c2ccc(F)cc2)n1CC[C@@H]1CC(=O)CC(=O)O1. The second-order valence-electron chi connectivity index (χ2n) is 10.3. The number of ether oxygens (including phenoxy) is 1. The zero-order valence-electron chi connectivity index (χ0n) is 22.5. The minimum absolute atomic E-state index is 0.0660. The fourth-order valence-electron chi connectivity index (χ4n) is 5.40. The van der Waals surface area contributed by atoms with Crippen LogP contribution in [0.2, 0.25) is 0 Å². The average molecular weight is 539 g/mol. The third-order valence-electron chi connectivity index (χ3n) is 7.06. The number of Topliss-reactive ketones (excluding diaryl/α,β-unsaturated/α-hetero) is 1. The van der Waals surface area contributed by atoms with Gasteiger partial charge in [-0.2, -0.15) is 0 Å². The Morgan fingerprint density at radius 3 is 2.23 bits per heavy atom. The van der Waals surface area contributed by atoms with Crippen LogP contribution in [-0.4, -0.2) is 28.3 Å². The van der Waals surface area contributed by atoms with Crippen molar-refractivity contribution in [2.75, 3.05) is 5.32 Å². The van der Waals surface area contributed by atoms with Gasteiger partial charge in [0.25, 0.3) is 5.91 Å². The minimum Gasteiger partial charge on any atom is -0.461 e. The van der Waals surface area contributed by atoms with Crippen molar-refractivity contribution in [3.8, 4) is 22.4 Å². The number of aromatic nitrogens is 1. The summed E-state index contributed by atoms with van der Waals surface area (Å²) in [6.45, 7) is 4.45. The van der Waals surface area contributed by atoms with Gasteiger partial charge in [0, 0.05) is 36.3 Å². The number of carbonyl (C=O) groups excluding carboxylic acids is 3. The van der Waals surface area contributed by atoms with E-state index in [-0.39, 0.29) is 36.3 Å². The summed E-state index contributed by atoms with van der Waals surface area (Å²) in [4.78, 5) is 38.1. The van der Waals surface area contributed by atoms with Gasteiger partial charge in [-0.15, -0.1) is 0 Å². The van der Waals surface area contributed by atoms with E-state index < -0.39 is 12.1 Å². The molecule has 0 radical (unpaired) electrons. The molecule has 1 aliphatic rings. The van der Waals surface area contributed by atoms with Crippen molar-refractivity contribution in [1.29, 1.82) is 0 Å². The number of nitrogens with zero attached hydrogens (tertiary/aromatic N) is 1. The molecule has 1 N–H and O–H groups in total. The highest BCUT2D eigenvalue weighted by molar-refractivity contribution is 6.12. The normalized spacial score (nSPS) is 15.2. The van der Waals surface area contributed by atoms with Crippen LogP contribution in [-0.2, 0) is 20.9 Å².